The Bertz CT molecular complexity index is 1390. The molecule has 0 aliphatic carbocycles. The van der Waals surface area contributed by atoms with E-state index >= 15 is 0 Å². The molecule has 0 unspecified atom stereocenters. The van der Waals surface area contributed by atoms with Gasteiger partial charge in [-0.15, -0.1) is 0 Å². The second kappa shape index (κ2) is 13.7. The summed E-state index contributed by atoms with van der Waals surface area (Å²) < 4.78 is 69.8. The van der Waals surface area contributed by atoms with Crippen LogP contribution in [-0.4, -0.2) is 47.7 Å². The fraction of sp³-hybridized carbons (Fsp3) is 0.414. The highest BCUT2D eigenvalue weighted by atomic mass is 35.5. The van der Waals surface area contributed by atoms with Crippen molar-refractivity contribution in [3.8, 4) is 0 Å². The Labute approximate surface area is 239 Å². The number of hydrogen-bond donors (Lipinski definition) is 0. The lowest BCUT2D eigenvalue weighted by molar-refractivity contribution is -0.137. The number of benzene rings is 2. The Hall–Kier alpha value is -2.82. The van der Waals surface area contributed by atoms with Crippen LogP contribution < -0.4 is 0 Å². The van der Waals surface area contributed by atoms with E-state index < -0.39 is 39.1 Å². The molecular formula is C29H35ClF3N3O3S. The van der Waals surface area contributed by atoms with Crippen molar-refractivity contribution in [2.24, 2.45) is 5.92 Å². The lowest BCUT2D eigenvalue weighted by Crippen LogP contribution is -2.44. The summed E-state index contributed by atoms with van der Waals surface area (Å²) in [6.07, 6.45) is -1.70. The van der Waals surface area contributed by atoms with E-state index in [-0.39, 0.29) is 19.0 Å². The topological polar surface area (TPSA) is 62.6 Å². The number of carbonyl (C=O) groups is 1. The van der Waals surface area contributed by atoms with Crippen LogP contribution in [0.2, 0.25) is 5.02 Å². The molecule has 0 spiro atoms. The van der Waals surface area contributed by atoms with Gasteiger partial charge in [-0.05, 0) is 54.3 Å². The van der Waals surface area contributed by atoms with Crippen molar-refractivity contribution >= 4 is 27.5 Å². The third-order valence-electron chi connectivity index (χ3n) is 6.38. The van der Waals surface area contributed by atoms with Crippen molar-refractivity contribution in [1.82, 2.24) is 13.8 Å². The first kappa shape index (κ1) is 31.7. The summed E-state index contributed by atoms with van der Waals surface area (Å²) in [6.45, 7) is 6.43. The van der Waals surface area contributed by atoms with E-state index in [1.54, 1.807) is 4.90 Å². The van der Waals surface area contributed by atoms with E-state index in [0.717, 1.165) is 33.8 Å². The Morgan fingerprint density at radius 3 is 2.42 bits per heavy atom. The number of hydrogen-bond acceptors (Lipinski definition) is 3. The highest BCUT2D eigenvalue weighted by Gasteiger charge is 2.34. The van der Waals surface area contributed by atoms with Gasteiger partial charge in [0, 0.05) is 36.5 Å². The zero-order valence-electron chi connectivity index (χ0n) is 22.9. The zero-order valence-corrected chi connectivity index (χ0v) is 24.4. The van der Waals surface area contributed by atoms with Gasteiger partial charge in [-0.3, -0.25) is 4.79 Å². The summed E-state index contributed by atoms with van der Waals surface area (Å²) in [5.74, 6) is -0.328. The molecule has 0 fully saturated rings. The van der Waals surface area contributed by atoms with E-state index in [1.807, 2.05) is 67.9 Å². The van der Waals surface area contributed by atoms with Crippen LogP contribution in [-0.2, 0) is 34.1 Å². The molecule has 2 aromatic carbocycles. The third kappa shape index (κ3) is 8.34. The van der Waals surface area contributed by atoms with Crippen molar-refractivity contribution in [2.45, 2.75) is 57.8 Å². The molecule has 6 nitrogen and oxygen atoms in total. The molecule has 1 aromatic heterocycles. The van der Waals surface area contributed by atoms with Gasteiger partial charge in [-0.25, -0.2) is 8.42 Å². The van der Waals surface area contributed by atoms with Crippen LogP contribution in [0.4, 0.5) is 13.2 Å². The van der Waals surface area contributed by atoms with Crippen molar-refractivity contribution in [3.05, 3.63) is 88.7 Å². The van der Waals surface area contributed by atoms with Crippen molar-refractivity contribution in [1.29, 1.82) is 0 Å². The Morgan fingerprint density at radius 1 is 1.05 bits per heavy atom. The summed E-state index contributed by atoms with van der Waals surface area (Å²) in [5, 5.41) is 0.628. The van der Waals surface area contributed by atoms with Gasteiger partial charge in [0.2, 0.25) is 15.9 Å². The highest BCUT2D eigenvalue weighted by Crippen LogP contribution is 2.31. The molecule has 218 valence electrons. The van der Waals surface area contributed by atoms with Crippen molar-refractivity contribution < 1.29 is 26.4 Å². The molecule has 3 rings (SSSR count). The number of halogens is 4. The third-order valence-corrected chi connectivity index (χ3v) is 8.59. The minimum atomic E-state index is -4.69. The smallest absolute Gasteiger partial charge is 0.345 e. The molecule has 0 saturated carbocycles. The SMILES string of the molecule is CCCCN(CC(=O)N(Cc1cccn1Cc1ccccc1Cl)CC(C)C)S(=O)(=O)c1cccc(C(F)(F)F)c1. The van der Waals surface area contributed by atoms with E-state index in [9.17, 15) is 26.4 Å². The van der Waals surface area contributed by atoms with Gasteiger partial charge in [0.25, 0.3) is 0 Å². The quantitative estimate of drug-likeness (QED) is 0.221. The molecule has 0 saturated heterocycles. The molecule has 11 heteroatoms. The maximum Gasteiger partial charge on any atom is 0.416 e. The molecule has 0 aliphatic heterocycles. The predicted octanol–water partition coefficient (Wildman–Crippen LogP) is 6.68. The lowest BCUT2D eigenvalue weighted by atomic mass is 10.2. The van der Waals surface area contributed by atoms with E-state index in [1.165, 1.54) is 0 Å². The summed E-state index contributed by atoms with van der Waals surface area (Å²) in [7, 11) is -4.36. The van der Waals surface area contributed by atoms with Gasteiger partial charge in [0.1, 0.15) is 0 Å². The largest absolute Gasteiger partial charge is 0.416 e. The first-order chi connectivity index (χ1) is 18.8. The fourth-order valence-corrected chi connectivity index (χ4v) is 5.97. The van der Waals surface area contributed by atoms with Crippen LogP contribution in [0, 0.1) is 5.92 Å². The minimum absolute atomic E-state index is 0.0131. The number of alkyl halides is 3. The number of amides is 1. The van der Waals surface area contributed by atoms with Crippen LogP contribution >= 0.6 is 11.6 Å². The number of unbranched alkanes of at least 4 members (excludes halogenated alkanes) is 1. The van der Waals surface area contributed by atoms with E-state index in [2.05, 4.69) is 0 Å². The average Bonchev–Trinajstić information content (AvgIpc) is 3.33. The van der Waals surface area contributed by atoms with Gasteiger partial charge < -0.3 is 9.47 Å². The maximum absolute atomic E-state index is 13.6. The molecule has 3 aromatic rings. The van der Waals surface area contributed by atoms with Gasteiger partial charge >= 0.3 is 6.18 Å². The lowest BCUT2D eigenvalue weighted by Gasteiger charge is -2.29. The van der Waals surface area contributed by atoms with Gasteiger partial charge in [0.15, 0.2) is 0 Å². The van der Waals surface area contributed by atoms with Crippen LogP contribution in [0.3, 0.4) is 0 Å². The molecule has 0 atom stereocenters. The summed E-state index contributed by atoms with van der Waals surface area (Å²) >= 11 is 6.34. The molecule has 0 bridgehead atoms. The predicted molar refractivity (Wildman–Crippen MR) is 150 cm³/mol. The van der Waals surface area contributed by atoms with Crippen LogP contribution in [0.15, 0.2) is 71.8 Å². The number of aromatic nitrogens is 1. The minimum Gasteiger partial charge on any atom is -0.345 e. The average molecular weight is 598 g/mol. The van der Waals surface area contributed by atoms with Gasteiger partial charge in [0.05, 0.1) is 23.5 Å². The number of sulfonamides is 1. The Balaban J connectivity index is 1.87. The van der Waals surface area contributed by atoms with Gasteiger partial charge in [-0.1, -0.05) is 63.1 Å². The summed E-state index contributed by atoms with van der Waals surface area (Å²) in [5.41, 5.74) is 0.701. The summed E-state index contributed by atoms with van der Waals surface area (Å²) in [4.78, 5) is 14.7. The zero-order chi connectivity index (χ0) is 29.5. The summed E-state index contributed by atoms with van der Waals surface area (Å²) in [6, 6.07) is 14.9. The van der Waals surface area contributed by atoms with E-state index in [0.29, 0.717) is 37.0 Å². The van der Waals surface area contributed by atoms with Crippen LogP contribution in [0.1, 0.15) is 50.4 Å². The van der Waals surface area contributed by atoms with Crippen molar-refractivity contribution in [3.63, 3.8) is 0 Å². The second-order valence-electron chi connectivity index (χ2n) is 10.1. The first-order valence-electron chi connectivity index (χ1n) is 13.2. The number of rotatable bonds is 13. The van der Waals surface area contributed by atoms with Crippen molar-refractivity contribution in [2.75, 3.05) is 19.6 Å². The molecule has 0 radical (unpaired) electrons. The normalized spacial score (nSPS) is 12.3. The fourth-order valence-electron chi connectivity index (χ4n) is 4.30. The number of carbonyl (C=O) groups excluding carboxylic acids is 1. The molecule has 0 N–H and O–H groups in total. The monoisotopic (exact) mass is 597 g/mol. The molecule has 1 amide bonds. The Kier molecular flexibility index (Phi) is 10.9. The molecule has 0 aliphatic rings. The van der Waals surface area contributed by atoms with Gasteiger partial charge in [-0.2, -0.15) is 17.5 Å². The maximum atomic E-state index is 13.6. The number of nitrogens with zero attached hydrogens (tertiary/aromatic N) is 3. The highest BCUT2D eigenvalue weighted by molar-refractivity contribution is 7.89. The molecule has 40 heavy (non-hydrogen) atoms. The molecule has 1 heterocycles. The van der Waals surface area contributed by atoms with E-state index in [4.69, 9.17) is 11.6 Å². The standard InChI is InChI=1S/C29H35ClF3N3O3S/c1-4-5-16-36(40(38,39)26-13-8-11-24(17-26)29(31,32)33)21-28(37)35(18-22(2)3)20-25-12-9-15-34(25)19-23-10-6-7-14-27(23)30/h6-15,17,22H,4-5,16,18-21H2,1-3H3. The first-order valence-corrected chi connectivity index (χ1v) is 15.0. The Morgan fingerprint density at radius 2 is 1.77 bits per heavy atom. The second-order valence-corrected chi connectivity index (χ2v) is 12.4. The van der Waals surface area contributed by atoms with Crippen LogP contribution in [0.5, 0.6) is 0 Å². The van der Waals surface area contributed by atoms with Crippen LogP contribution in [0.25, 0.3) is 0 Å². The molecular weight excluding hydrogens is 563 g/mol.